The van der Waals surface area contributed by atoms with Gasteiger partial charge in [0.2, 0.25) is 0 Å². The molecule has 0 fully saturated rings. The second kappa shape index (κ2) is 13.8. The Morgan fingerprint density at radius 1 is 0.625 bits per heavy atom. The molecule has 2 aromatic rings. The monoisotopic (exact) mass is 446 g/mol. The molecule has 172 valence electrons. The lowest BCUT2D eigenvalue weighted by Crippen LogP contribution is -2.18. The van der Waals surface area contributed by atoms with E-state index in [9.17, 15) is 14.4 Å². The summed E-state index contributed by atoms with van der Waals surface area (Å²) < 4.78 is 20.3. The molecule has 9 heteroatoms. The highest BCUT2D eigenvalue weighted by Gasteiger charge is 2.14. The largest absolute Gasteiger partial charge is 0.509 e. The molecule has 0 amide bonds. The molecule has 32 heavy (non-hydrogen) atoms. The summed E-state index contributed by atoms with van der Waals surface area (Å²) >= 11 is 0. The van der Waals surface area contributed by atoms with Gasteiger partial charge in [0, 0.05) is 37.2 Å². The molecule has 0 aliphatic heterocycles. The lowest BCUT2D eigenvalue weighted by Gasteiger charge is -2.08. The summed E-state index contributed by atoms with van der Waals surface area (Å²) in [4.78, 5) is 35.9. The van der Waals surface area contributed by atoms with E-state index in [-0.39, 0.29) is 13.2 Å². The smallest absolute Gasteiger partial charge is 0.494 e. The standard InChI is InChI=1S/C23H26O9/c24-11-1-13-29-19-7-3-17(4-8-19)21(26)15-31-23(28)32-16-22(27)18-5-9-20(10-6-18)30-14-2-12-25/h3-10,24-25H,1-2,11-16H2. The quantitative estimate of drug-likeness (QED) is 0.255. The Hall–Kier alpha value is -3.43. The van der Waals surface area contributed by atoms with Crippen molar-refractivity contribution in [3.63, 3.8) is 0 Å². The minimum absolute atomic E-state index is 0.0307. The molecular weight excluding hydrogens is 420 g/mol. The summed E-state index contributed by atoms with van der Waals surface area (Å²) in [5.41, 5.74) is 0.648. The predicted octanol–water partition coefficient (Wildman–Crippen LogP) is 2.43. The Labute approximate surface area is 185 Å². The number of carbonyl (C=O) groups excluding carboxylic acids is 3. The van der Waals surface area contributed by atoms with E-state index in [4.69, 9.17) is 29.2 Å². The van der Waals surface area contributed by atoms with Gasteiger partial charge in [0.1, 0.15) is 11.5 Å². The molecule has 0 heterocycles. The third-order valence-corrected chi connectivity index (χ3v) is 4.14. The topological polar surface area (TPSA) is 129 Å². The van der Waals surface area contributed by atoms with Crippen molar-refractivity contribution in [2.24, 2.45) is 0 Å². The van der Waals surface area contributed by atoms with Crippen LogP contribution in [0, 0.1) is 0 Å². The van der Waals surface area contributed by atoms with E-state index in [1.54, 1.807) is 24.3 Å². The summed E-state index contributed by atoms with van der Waals surface area (Å²) in [5, 5.41) is 17.5. The summed E-state index contributed by atoms with van der Waals surface area (Å²) in [6.45, 7) is -0.277. The number of ether oxygens (including phenoxy) is 4. The van der Waals surface area contributed by atoms with Gasteiger partial charge in [-0.15, -0.1) is 0 Å². The first-order chi connectivity index (χ1) is 15.5. The van der Waals surface area contributed by atoms with E-state index in [1.165, 1.54) is 24.3 Å². The summed E-state index contributed by atoms with van der Waals surface area (Å²) in [6, 6.07) is 12.5. The minimum atomic E-state index is -1.13. The molecule has 0 aliphatic rings. The molecule has 9 nitrogen and oxygen atoms in total. The van der Waals surface area contributed by atoms with Crippen LogP contribution >= 0.6 is 0 Å². The van der Waals surface area contributed by atoms with Gasteiger partial charge in [-0.05, 0) is 48.5 Å². The number of aliphatic hydroxyl groups excluding tert-OH is 2. The molecule has 2 rings (SSSR count). The first-order valence-electron chi connectivity index (χ1n) is 10.1. The molecule has 0 aromatic heterocycles. The lowest BCUT2D eigenvalue weighted by atomic mass is 10.1. The molecule has 0 saturated heterocycles. The van der Waals surface area contributed by atoms with E-state index < -0.39 is 30.9 Å². The van der Waals surface area contributed by atoms with Gasteiger partial charge in [-0.25, -0.2) is 4.79 Å². The van der Waals surface area contributed by atoms with Crippen molar-refractivity contribution in [1.82, 2.24) is 0 Å². The number of ketones is 2. The Morgan fingerprint density at radius 2 is 1.00 bits per heavy atom. The fourth-order valence-corrected chi connectivity index (χ4v) is 2.44. The highest BCUT2D eigenvalue weighted by molar-refractivity contribution is 5.99. The lowest BCUT2D eigenvalue weighted by molar-refractivity contribution is 0.0467. The Balaban J connectivity index is 1.71. The van der Waals surface area contributed by atoms with Crippen molar-refractivity contribution in [1.29, 1.82) is 0 Å². The van der Waals surface area contributed by atoms with Crippen LogP contribution in [0.4, 0.5) is 4.79 Å². The molecule has 0 unspecified atom stereocenters. The van der Waals surface area contributed by atoms with Crippen LogP contribution in [-0.4, -0.2) is 67.6 Å². The van der Waals surface area contributed by atoms with E-state index >= 15 is 0 Å². The van der Waals surface area contributed by atoms with E-state index in [0.29, 0.717) is 48.7 Å². The zero-order chi connectivity index (χ0) is 23.2. The molecular formula is C23H26O9. The van der Waals surface area contributed by atoms with Crippen molar-refractivity contribution < 1.29 is 43.5 Å². The fraction of sp³-hybridized carbons (Fsp3) is 0.348. The number of rotatable bonds is 14. The summed E-state index contributed by atoms with van der Waals surface area (Å²) in [6.07, 6.45) is -0.117. The maximum absolute atomic E-state index is 12.1. The third kappa shape index (κ3) is 8.75. The molecule has 0 aliphatic carbocycles. The zero-order valence-corrected chi connectivity index (χ0v) is 17.5. The fourth-order valence-electron chi connectivity index (χ4n) is 2.44. The van der Waals surface area contributed by atoms with Crippen LogP contribution in [-0.2, 0) is 9.47 Å². The van der Waals surface area contributed by atoms with Gasteiger partial charge in [0.25, 0.3) is 0 Å². The molecule has 2 N–H and O–H groups in total. The van der Waals surface area contributed by atoms with Crippen LogP contribution in [0.1, 0.15) is 33.6 Å². The summed E-state index contributed by atoms with van der Waals surface area (Å²) in [5.74, 6) is 0.233. The van der Waals surface area contributed by atoms with Gasteiger partial charge in [-0.1, -0.05) is 0 Å². The average molecular weight is 446 g/mol. The van der Waals surface area contributed by atoms with Gasteiger partial charge >= 0.3 is 6.16 Å². The van der Waals surface area contributed by atoms with Crippen molar-refractivity contribution in [2.75, 3.05) is 39.6 Å². The highest BCUT2D eigenvalue weighted by Crippen LogP contribution is 2.14. The van der Waals surface area contributed by atoms with Crippen molar-refractivity contribution >= 4 is 17.7 Å². The number of Topliss-reactive ketones (excluding diaryl/α,β-unsaturated/α-hetero) is 2. The number of hydrogen-bond acceptors (Lipinski definition) is 9. The average Bonchev–Trinajstić information content (AvgIpc) is 2.82. The Kier molecular flexibility index (Phi) is 10.7. The van der Waals surface area contributed by atoms with Gasteiger partial charge < -0.3 is 29.2 Å². The second-order valence-electron chi connectivity index (χ2n) is 6.57. The van der Waals surface area contributed by atoms with Crippen LogP contribution in [0.25, 0.3) is 0 Å². The number of aliphatic hydroxyl groups is 2. The third-order valence-electron chi connectivity index (χ3n) is 4.14. The maximum Gasteiger partial charge on any atom is 0.509 e. The van der Waals surface area contributed by atoms with Crippen LogP contribution < -0.4 is 9.47 Å². The highest BCUT2D eigenvalue weighted by atomic mass is 16.7. The molecule has 0 atom stereocenters. The van der Waals surface area contributed by atoms with Crippen molar-refractivity contribution in [2.45, 2.75) is 12.8 Å². The number of carbonyl (C=O) groups is 3. The van der Waals surface area contributed by atoms with Gasteiger partial charge in [-0.3, -0.25) is 9.59 Å². The van der Waals surface area contributed by atoms with Gasteiger partial charge in [0.05, 0.1) is 13.2 Å². The molecule has 2 aromatic carbocycles. The van der Waals surface area contributed by atoms with Gasteiger partial charge in [-0.2, -0.15) is 0 Å². The van der Waals surface area contributed by atoms with E-state index in [0.717, 1.165) is 0 Å². The SMILES string of the molecule is O=C(OCC(=O)c1ccc(OCCCO)cc1)OCC(=O)c1ccc(OCCCO)cc1. The maximum atomic E-state index is 12.1. The normalized spacial score (nSPS) is 10.3. The van der Waals surface area contributed by atoms with Crippen molar-refractivity contribution in [3.05, 3.63) is 59.7 Å². The first-order valence-corrected chi connectivity index (χ1v) is 10.1. The van der Waals surface area contributed by atoms with Crippen LogP contribution in [0.3, 0.4) is 0 Å². The minimum Gasteiger partial charge on any atom is -0.494 e. The Morgan fingerprint density at radius 3 is 1.34 bits per heavy atom. The summed E-state index contributed by atoms with van der Waals surface area (Å²) in [7, 11) is 0. The van der Waals surface area contributed by atoms with Crippen LogP contribution in [0.15, 0.2) is 48.5 Å². The predicted molar refractivity (Wildman–Crippen MR) is 113 cm³/mol. The first kappa shape index (κ1) is 24.8. The Bertz CT molecular complexity index is 789. The molecule has 0 bridgehead atoms. The van der Waals surface area contributed by atoms with Crippen LogP contribution in [0.5, 0.6) is 11.5 Å². The zero-order valence-electron chi connectivity index (χ0n) is 17.5. The van der Waals surface area contributed by atoms with Crippen molar-refractivity contribution in [3.8, 4) is 11.5 Å². The number of hydrogen-bond donors (Lipinski definition) is 2. The van der Waals surface area contributed by atoms with E-state index in [1.807, 2.05) is 0 Å². The molecule has 0 spiro atoms. The number of benzene rings is 2. The molecule has 0 saturated carbocycles. The second-order valence-corrected chi connectivity index (χ2v) is 6.57. The van der Waals surface area contributed by atoms with E-state index in [2.05, 4.69) is 0 Å². The van der Waals surface area contributed by atoms with Crippen LogP contribution in [0.2, 0.25) is 0 Å². The molecule has 0 radical (unpaired) electrons. The van der Waals surface area contributed by atoms with Gasteiger partial charge in [0.15, 0.2) is 24.8 Å².